The predicted molar refractivity (Wildman–Crippen MR) is 237 cm³/mol. The van der Waals surface area contributed by atoms with Crippen molar-refractivity contribution in [3.63, 3.8) is 0 Å². The fourth-order valence-electron chi connectivity index (χ4n) is 6.22. The molecule has 3 N–H and O–H groups in total. The second kappa shape index (κ2) is 18.6. The lowest BCUT2D eigenvalue weighted by Gasteiger charge is -2.11. The molecule has 7 rings (SSSR count). The highest BCUT2D eigenvalue weighted by Crippen LogP contribution is 2.32. The number of nitrogen functional groups attached to an aromatic ring is 1. The van der Waals surface area contributed by atoms with E-state index < -0.39 is 0 Å². The van der Waals surface area contributed by atoms with Crippen molar-refractivity contribution in [2.45, 2.75) is 6.92 Å². The first kappa shape index (κ1) is 37.6. The second-order valence-electron chi connectivity index (χ2n) is 12.8. The summed E-state index contributed by atoms with van der Waals surface area (Å²) < 4.78 is 0. The summed E-state index contributed by atoms with van der Waals surface area (Å²) in [6, 6.07) is 60.2. The Morgan fingerprint density at radius 3 is 1.58 bits per heavy atom. The van der Waals surface area contributed by atoms with E-state index in [-0.39, 0.29) is 0 Å². The van der Waals surface area contributed by atoms with E-state index in [1.54, 1.807) is 13.1 Å². The van der Waals surface area contributed by atoms with Gasteiger partial charge in [0.1, 0.15) is 0 Å². The van der Waals surface area contributed by atoms with Crippen molar-refractivity contribution < 1.29 is 0 Å². The molecular weight excluding hydrogens is 671 g/mol. The van der Waals surface area contributed by atoms with Crippen LogP contribution in [-0.4, -0.2) is 32.0 Å². The van der Waals surface area contributed by atoms with Crippen LogP contribution in [0.5, 0.6) is 0 Å². The number of anilines is 2. The second-order valence-corrected chi connectivity index (χ2v) is 12.8. The van der Waals surface area contributed by atoms with Crippen molar-refractivity contribution in [1.29, 1.82) is 0 Å². The van der Waals surface area contributed by atoms with E-state index in [0.29, 0.717) is 17.4 Å². The van der Waals surface area contributed by atoms with Crippen molar-refractivity contribution in [2.24, 2.45) is 15.0 Å². The molecule has 7 aromatic carbocycles. The number of aliphatic imine (C=N–C) groups is 3. The number of allylic oxidation sites excluding steroid dienone is 1. The van der Waals surface area contributed by atoms with Crippen molar-refractivity contribution in [1.82, 2.24) is 0 Å². The number of benzene rings is 7. The van der Waals surface area contributed by atoms with Gasteiger partial charge in [-0.15, -0.1) is 6.58 Å². The van der Waals surface area contributed by atoms with Crippen LogP contribution in [0.2, 0.25) is 0 Å². The fourth-order valence-corrected chi connectivity index (χ4v) is 6.22. The van der Waals surface area contributed by atoms with Crippen LogP contribution in [-0.2, 0) is 0 Å². The van der Waals surface area contributed by atoms with E-state index >= 15 is 0 Å². The van der Waals surface area contributed by atoms with E-state index in [2.05, 4.69) is 114 Å². The Morgan fingerprint density at radius 2 is 1.00 bits per heavy atom. The van der Waals surface area contributed by atoms with Gasteiger partial charge in [-0.05, 0) is 106 Å². The summed E-state index contributed by atoms with van der Waals surface area (Å²) in [5.74, 6) is 1.15. The highest BCUT2D eigenvalue weighted by Gasteiger charge is 2.11. The summed E-state index contributed by atoms with van der Waals surface area (Å²) in [6.45, 7) is 5.25. The molecule has 0 unspecified atom stereocenters. The molecule has 5 heteroatoms. The van der Waals surface area contributed by atoms with Gasteiger partial charge in [0, 0.05) is 42.8 Å². The lowest BCUT2D eigenvalue weighted by molar-refractivity contribution is 1.37. The zero-order chi connectivity index (χ0) is 38.4. The van der Waals surface area contributed by atoms with Gasteiger partial charge in [-0.3, -0.25) is 4.99 Å². The number of rotatable bonds is 8. The first-order chi connectivity index (χ1) is 27.0. The van der Waals surface area contributed by atoms with Crippen LogP contribution in [0.4, 0.5) is 11.4 Å². The van der Waals surface area contributed by atoms with Gasteiger partial charge >= 0.3 is 0 Å². The molecule has 270 valence electrons. The maximum atomic E-state index is 6.43. The molecule has 55 heavy (non-hydrogen) atoms. The minimum absolute atomic E-state index is 0.549. The van der Waals surface area contributed by atoms with Gasteiger partial charge in [0.25, 0.3) is 0 Å². The summed E-state index contributed by atoms with van der Waals surface area (Å²) in [5.41, 5.74) is 19.7. The van der Waals surface area contributed by atoms with E-state index in [0.717, 1.165) is 61.3 Å². The molecule has 0 amide bonds. The SMILES string of the molecule is C=CC.CN=C(N=C(N=Cc1cccc(-c2cc(NC)cc(-c3ccccc3)c2)c1)c1cccc(-c2cc(N)cc(-c3ccccc3)c2)c1)c1ccccc1. The maximum absolute atomic E-state index is 6.43. The predicted octanol–water partition coefficient (Wildman–Crippen LogP) is 12.1. The topological polar surface area (TPSA) is 75.1 Å². The maximum Gasteiger partial charge on any atom is 0.161 e. The van der Waals surface area contributed by atoms with Crippen LogP contribution in [0, 0.1) is 0 Å². The van der Waals surface area contributed by atoms with Crippen LogP contribution in [0.25, 0.3) is 44.5 Å². The zero-order valence-electron chi connectivity index (χ0n) is 31.5. The number of nitrogens with one attached hydrogen (secondary N) is 1. The quantitative estimate of drug-likeness (QED) is 0.0711. The van der Waals surface area contributed by atoms with Crippen LogP contribution in [0.1, 0.15) is 23.6 Å². The van der Waals surface area contributed by atoms with E-state index in [9.17, 15) is 0 Å². The largest absolute Gasteiger partial charge is 0.399 e. The third-order valence-electron chi connectivity index (χ3n) is 8.86. The molecule has 0 fully saturated rings. The molecule has 0 radical (unpaired) electrons. The third kappa shape index (κ3) is 9.86. The first-order valence-corrected chi connectivity index (χ1v) is 18.3. The zero-order valence-corrected chi connectivity index (χ0v) is 31.5. The molecule has 0 atom stereocenters. The number of hydrogen-bond donors (Lipinski definition) is 2. The van der Waals surface area contributed by atoms with Gasteiger partial charge in [0.15, 0.2) is 11.7 Å². The molecule has 0 aromatic heterocycles. The summed E-state index contributed by atoms with van der Waals surface area (Å²) in [5, 5.41) is 3.33. The molecule has 0 saturated heterocycles. The summed E-state index contributed by atoms with van der Waals surface area (Å²) >= 11 is 0. The van der Waals surface area contributed by atoms with Gasteiger partial charge in [0.05, 0.1) is 0 Å². The van der Waals surface area contributed by atoms with Gasteiger partial charge < -0.3 is 11.1 Å². The van der Waals surface area contributed by atoms with Crippen molar-refractivity contribution >= 4 is 29.3 Å². The lowest BCUT2D eigenvalue weighted by atomic mass is 9.97. The first-order valence-electron chi connectivity index (χ1n) is 18.3. The molecule has 0 heterocycles. The van der Waals surface area contributed by atoms with E-state index in [1.165, 1.54) is 5.56 Å². The van der Waals surface area contributed by atoms with Gasteiger partial charge in [-0.25, -0.2) is 9.98 Å². The monoisotopic (exact) mass is 715 g/mol. The highest BCUT2D eigenvalue weighted by molar-refractivity contribution is 6.14. The Labute approximate surface area is 325 Å². The molecule has 7 aromatic rings. The van der Waals surface area contributed by atoms with Crippen LogP contribution in [0.15, 0.2) is 204 Å². The molecule has 0 bridgehead atoms. The Hall–Kier alpha value is -7.11. The molecular formula is C50H45N5. The molecule has 0 saturated carbocycles. The minimum Gasteiger partial charge on any atom is -0.399 e. The van der Waals surface area contributed by atoms with Crippen LogP contribution < -0.4 is 11.1 Å². The van der Waals surface area contributed by atoms with Crippen molar-refractivity contribution in [3.05, 3.63) is 205 Å². The summed E-state index contributed by atoms with van der Waals surface area (Å²) in [7, 11) is 3.71. The molecule has 0 aliphatic carbocycles. The minimum atomic E-state index is 0.549. The molecule has 0 spiro atoms. The van der Waals surface area contributed by atoms with Gasteiger partial charge in [0.2, 0.25) is 0 Å². The van der Waals surface area contributed by atoms with E-state index in [4.69, 9.17) is 15.7 Å². The Morgan fingerprint density at radius 1 is 0.527 bits per heavy atom. The average molecular weight is 716 g/mol. The number of nitrogens with zero attached hydrogens (tertiary/aromatic N) is 3. The van der Waals surface area contributed by atoms with Crippen LogP contribution in [0.3, 0.4) is 0 Å². The molecule has 5 nitrogen and oxygen atoms in total. The highest BCUT2D eigenvalue weighted by atomic mass is 15.0. The third-order valence-corrected chi connectivity index (χ3v) is 8.86. The number of amidine groups is 2. The number of hydrogen-bond acceptors (Lipinski definition) is 3. The fraction of sp³-hybridized carbons (Fsp3) is 0.0600. The standard InChI is InChI=1S/C47H39N5.C3H6/c1-49-45-30-42(35-17-8-4-9-18-35)27-43(31-45)37-21-12-14-33(24-37)32-51-47(52-46(50-2)36-19-10-5-11-20-36)39-23-13-22-38(25-39)41-26-40(28-44(48)29-41)34-15-6-3-7-16-34;1-3-2/h3-32,49H,48H2,1-2H3;3H,1H2,2H3. The van der Waals surface area contributed by atoms with Gasteiger partial charge in [-0.2, -0.15) is 0 Å². The Balaban J connectivity index is 0.00000166. The average Bonchev–Trinajstić information content (AvgIpc) is 3.24. The smallest absolute Gasteiger partial charge is 0.161 e. The molecule has 0 aliphatic rings. The Bertz CT molecular complexity index is 2450. The molecule has 0 aliphatic heterocycles. The summed E-state index contributed by atoms with van der Waals surface area (Å²) in [6.07, 6.45) is 3.63. The normalized spacial score (nSPS) is 11.5. The van der Waals surface area contributed by atoms with Crippen LogP contribution >= 0.6 is 0 Å². The van der Waals surface area contributed by atoms with Gasteiger partial charge in [-0.1, -0.05) is 133 Å². The number of nitrogens with two attached hydrogens (primary N) is 1. The van der Waals surface area contributed by atoms with Crippen molar-refractivity contribution in [3.8, 4) is 44.5 Å². The van der Waals surface area contributed by atoms with E-state index in [1.807, 2.05) is 99.0 Å². The van der Waals surface area contributed by atoms with Crippen molar-refractivity contribution in [2.75, 3.05) is 25.1 Å². The Kier molecular flexibility index (Phi) is 12.7. The summed E-state index contributed by atoms with van der Waals surface area (Å²) in [4.78, 5) is 14.6. The lowest BCUT2D eigenvalue weighted by Crippen LogP contribution is -2.06.